The molecule has 0 aromatic heterocycles. The van der Waals surface area contributed by atoms with Crippen LogP contribution >= 0.6 is 0 Å². The molecule has 0 rings (SSSR count). The van der Waals surface area contributed by atoms with Crippen LogP contribution in [0.2, 0.25) is 0 Å². The Bertz CT molecular complexity index is 384. The van der Waals surface area contributed by atoms with Crippen LogP contribution in [0.1, 0.15) is 13.8 Å². The number of rotatable bonds is 6. The van der Waals surface area contributed by atoms with Crippen molar-refractivity contribution in [1.82, 2.24) is 10.2 Å². The third kappa shape index (κ3) is 6.81. The summed E-state index contributed by atoms with van der Waals surface area (Å²) in [6.45, 7) is 0.172. The van der Waals surface area contributed by atoms with E-state index in [0.717, 1.165) is 0 Å². The molecule has 4 N–H and O–H groups in total. The molecule has 0 saturated heterocycles. The van der Waals surface area contributed by atoms with Crippen LogP contribution < -0.4 is 11.1 Å². The van der Waals surface area contributed by atoms with Gasteiger partial charge in [0.25, 0.3) is 0 Å². The average molecular weight is 299 g/mol. The van der Waals surface area contributed by atoms with Gasteiger partial charge in [-0.25, -0.2) is 4.79 Å². The lowest BCUT2D eigenvalue weighted by Gasteiger charge is -2.26. The lowest BCUT2D eigenvalue weighted by atomic mass is 10.0. The van der Waals surface area contributed by atoms with Crippen LogP contribution in [-0.4, -0.2) is 53.2 Å². The molecule has 0 bridgehead atoms. The van der Waals surface area contributed by atoms with E-state index >= 15 is 0 Å². The number of carbonyl (C=O) groups is 3. The molecular formula is C10H16F3N3O4. The number of aliphatic carboxylic acids is 1. The van der Waals surface area contributed by atoms with Crippen molar-refractivity contribution >= 4 is 17.9 Å². The highest BCUT2D eigenvalue weighted by atomic mass is 19.4. The lowest BCUT2D eigenvalue weighted by Crippen LogP contribution is -2.54. The summed E-state index contributed by atoms with van der Waals surface area (Å²) in [5.74, 6) is -2.98. The number of carboxylic acids is 1. The van der Waals surface area contributed by atoms with E-state index in [1.165, 1.54) is 13.8 Å². The van der Waals surface area contributed by atoms with Crippen molar-refractivity contribution in [3.63, 3.8) is 0 Å². The standard InChI is InChI=1S/C10H16F3N3O4/c1-5(2)7(8(14)19)15-9(20)16(3-6(17)18)4-10(11,12)13/h5,7H,3-4H2,1-2H3,(H2,14,19)(H,15,20)(H,17,18). The Hall–Kier alpha value is -2.00. The second kappa shape index (κ2) is 6.96. The van der Waals surface area contributed by atoms with Gasteiger partial charge >= 0.3 is 18.2 Å². The maximum absolute atomic E-state index is 12.3. The Morgan fingerprint density at radius 3 is 2.10 bits per heavy atom. The summed E-state index contributed by atoms with van der Waals surface area (Å²) < 4.78 is 36.8. The van der Waals surface area contributed by atoms with Gasteiger partial charge in [-0.3, -0.25) is 9.59 Å². The van der Waals surface area contributed by atoms with Gasteiger partial charge in [0.1, 0.15) is 19.1 Å². The molecule has 0 aliphatic rings. The molecule has 0 aromatic carbocycles. The number of hydrogen-bond donors (Lipinski definition) is 3. The average Bonchev–Trinajstić information content (AvgIpc) is 2.20. The minimum atomic E-state index is -4.76. The van der Waals surface area contributed by atoms with Crippen molar-refractivity contribution in [2.45, 2.75) is 26.1 Å². The largest absolute Gasteiger partial charge is 0.480 e. The van der Waals surface area contributed by atoms with E-state index in [2.05, 4.69) is 0 Å². The number of nitrogens with one attached hydrogen (secondary N) is 1. The smallest absolute Gasteiger partial charge is 0.406 e. The molecule has 0 fully saturated rings. The molecule has 20 heavy (non-hydrogen) atoms. The number of halogens is 3. The molecule has 0 aromatic rings. The number of alkyl halides is 3. The number of urea groups is 1. The number of amides is 3. The van der Waals surface area contributed by atoms with Gasteiger partial charge in [0.2, 0.25) is 5.91 Å². The minimum absolute atomic E-state index is 0.0423. The summed E-state index contributed by atoms with van der Waals surface area (Å²) in [5.41, 5.74) is 5.00. The number of primary amides is 1. The van der Waals surface area contributed by atoms with Gasteiger partial charge in [-0.1, -0.05) is 13.8 Å². The summed E-state index contributed by atoms with van der Waals surface area (Å²) in [6, 6.07) is -2.51. The van der Waals surface area contributed by atoms with Crippen LogP contribution in [0.15, 0.2) is 0 Å². The third-order valence-corrected chi connectivity index (χ3v) is 2.24. The van der Waals surface area contributed by atoms with Crippen molar-refractivity contribution in [3.8, 4) is 0 Å². The van der Waals surface area contributed by atoms with E-state index in [0.29, 0.717) is 0 Å². The van der Waals surface area contributed by atoms with Crippen LogP contribution in [0.5, 0.6) is 0 Å². The van der Waals surface area contributed by atoms with E-state index in [4.69, 9.17) is 10.8 Å². The van der Waals surface area contributed by atoms with E-state index in [1.807, 2.05) is 5.32 Å². The van der Waals surface area contributed by atoms with Gasteiger partial charge in [0.15, 0.2) is 0 Å². The van der Waals surface area contributed by atoms with Crippen molar-refractivity contribution in [2.24, 2.45) is 11.7 Å². The molecule has 0 aliphatic heterocycles. The fourth-order valence-electron chi connectivity index (χ4n) is 1.37. The molecule has 3 amide bonds. The molecule has 10 heteroatoms. The maximum atomic E-state index is 12.3. The minimum Gasteiger partial charge on any atom is -0.480 e. The maximum Gasteiger partial charge on any atom is 0.406 e. The Balaban J connectivity index is 4.94. The van der Waals surface area contributed by atoms with Crippen molar-refractivity contribution in [3.05, 3.63) is 0 Å². The number of carboxylic acid groups (broad SMARTS) is 1. The predicted octanol–water partition coefficient (Wildman–Crippen LogP) is 0.155. The number of carbonyl (C=O) groups excluding carboxylic acids is 2. The fraction of sp³-hybridized carbons (Fsp3) is 0.700. The molecule has 0 spiro atoms. The SMILES string of the molecule is CC(C)C(NC(=O)N(CC(=O)O)CC(F)(F)F)C(N)=O. The van der Waals surface area contributed by atoms with Crippen LogP contribution in [0.4, 0.5) is 18.0 Å². The van der Waals surface area contributed by atoms with Crippen LogP contribution in [0.25, 0.3) is 0 Å². The zero-order valence-electron chi connectivity index (χ0n) is 10.9. The lowest BCUT2D eigenvalue weighted by molar-refractivity contribution is -0.149. The Morgan fingerprint density at radius 2 is 1.80 bits per heavy atom. The first kappa shape index (κ1) is 18.0. The zero-order chi connectivity index (χ0) is 16.1. The molecule has 1 unspecified atom stereocenters. The highest BCUT2D eigenvalue weighted by Crippen LogP contribution is 2.16. The number of nitrogens with two attached hydrogens (primary N) is 1. The molecular weight excluding hydrogens is 283 g/mol. The first-order valence-electron chi connectivity index (χ1n) is 5.57. The quantitative estimate of drug-likeness (QED) is 0.648. The summed E-state index contributed by atoms with van der Waals surface area (Å²) in [6.07, 6.45) is -4.76. The Kier molecular flexibility index (Phi) is 6.27. The van der Waals surface area contributed by atoms with E-state index < -0.39 is 49.1 Å². The molecule has 0 aliphatic carbocycles. The highest BCUT2D eigenvalue weighted by Gasteiger charge is 2.35. The number of nitrogens with zero attached hydrogens (tertiary/aromatic N) is 1. The first-order chi connectivity index (χ1) is 8.94. The topological polar surface area (TPSA) is 113 Å². The first-order valence-corrected chi connectivity index (χ1v) is 5.57. The van der Waals surface area contributed by atoms with Crippen molar-refractivity contribution in [1.29, 1.82) is 0 Å². The number of hydrogen-bond acceptors (Lipinski definition) is 3. The molecule has 1 atom stereocenters. The van der Waals surface area contributed by atoms with Gasteiger partial charge in [-0.2, -0.15) is 13.2 Å². The second-order valence-corrected chi connectivity index (χ2v) is 4.44. The molecule has 0 heterocycles. The van der Waals surface area contributed by atoms with E-state index in [-0.39, 0.29) is 4.90 Å². The van der Waals surface area contributed by atoms with Gasteiger partial charge in [-0.15, -0.1) is 0 Å². The van der Waals surface area contributed by atoms with Gasteiger partial charge < -0.3 is 21.1 Å². The second-order valence-electron chi connectivity index (χ2n) is 4.44. The monoisotopic (exact) mass is 299 g/mol. The van der Waals surface area contributed by atoms with Gasteiger partial charge in [0, 0.05) is 0 Å². The van der Waals surface area contributed by atoms with E-state index in [1.54, 1.807) is 0 Å². The van der Waals surface area contributed by atoms with Crippen molar-refractivity contribution in [2.75, 3.05) is 13.1 Å². The third-order valence-electron chi connectivity index (χ3n) is 2.24. The van der Waals surface area contributed by atoms with Crippen LogP contribution in [0, 0.1) is 5.92 Å². The summed E-state index contributed by atoms with van der Waals surface area (Å²) in [7, 11) is 0. The van der Waals surface area contributed by atoms with Crippen LogP contribution in [-0.2, 0) is 9.59 Å². The van der Waals surface area contributed by atoms with Gasteiger partial charge in [0.05, 0.1) is 0 Å². The summed E-state index contributed by atoms with van der Waals surface area (Å²) in [4.78, 5) is 33.2. The molecule has 0 radical (unpaired) electrons. The van der Waals surface area contributed by atoms with Crippen molar-refractivity contribution < 1.29 is 32.7 Å². The van der Waals surface area contributed by atoms with Crippen LogP contribution in [0.3, 0.4) is 0 Å². The summed E-state index contributed by atoms with van der Waals surface area (Å²) in [5, 5.41) is 10.5. The molecule has 7 nitrogen and oxygen atoms in total. The van der Waals surface area contributed by atoms with Gasteiger partial charge in [-0.05, 0) is 5.92 Å². The summed E-state index contributed by atoms with van der Waals surface area (Å²) >= 11 is 0. The van der Waals surface area contributed by atoms with E-state index in [9.17, 15) is 27.6 Å². The Morgan fingerprint density at radius 1 is 1.30 bits per heavy atom. The molecule has 116 valence electrons. The predicted molar refractivity (Wildman–Crippen MR) is 61.6 cm³/mol. The normalized spacial score (nSPS) is 12.9. The Labute approximate surface area is 112 Å². The fourth-order valence-corrected chi connectivity index (χ4v) is 1.37. The highest BCUT2D eigenvalue weighted by molar-refractivity contribution is 5.87. The zero-order valence-corrected chi connectivity index (χ0v) is 10.9. The molecule has 0 saturated carbocycles.